The van der Waals surface area contributed by atoms with Gasteiger partial charge in [0.05, 0.1) is 36.7 Å². The zero-order valence-electron chi connectivity index (χ0n) is 22.0. The predicted molar refractivity (Wildman–Crippen MR) is 136 cm³/mol. The van der Waals surface area contributed by atoms with Gasteiger partial charge in [-0.15, -0.1) is 0 Å². The zero-order valence-corrected chi connectivity index (χ0v) is 24.9. The first-order valence-electron chi connectivity index (χ1n) is 11.6. The van der Waals surface area contributed by atoms with E-state index in [-0.39, 0.29) is 41.1 Å². The number of hydrogen-bond acceptors (Lipinski definition) is 13. The van der Waals surface area contributed by atoms with E-state index in [0.717, 1.165) is 16.6 Å². The molecule has 4 atom stereocenters. The average Bonchev–Trinajstić information content (AvgIpc) is 3.37. The van der Waals surface area contributed by atoms with Crippen molar-refractivity contribution >= 4 is 30.0 Å². The van der Waals surface area contributed by atoms with Crippen molar-refractivity contribution in [3.8, 4) is 11.5 Å². The van der Waals surface area contributed by atoms with Gasteiger partial charge in [0.1, 0.15) is 30.2 Å². The molecule has 0 spiro atoms. The molecular formula is C22H24N8NaO9P. The number of rotatable bonds is 7. The van der Waals surface area contributed by atoms with Crippen molar-refractivity contribution in [1.29, 1.82) is 0 Å². The van der Waals surface area contributed by atoms with Gasteiger partial charge in [-0.25, -0.2) is 24.7 Å². The number of aromatic nitrogens is 8. The van der Waals surface area contributed by atoms with Gasteiger partial charge in [-0.2, -0.15) is 4.98 Å². The van der Waals surface area contributed by atoms with E-state index in [1.165, 1.54) is 10.9 Å². The van der Waals surface area contributed by atoms with Gasteiger partial charge >= 0.3 is 35.2 Å². The van der Waals surface area contributed by atoms with E-state index in [1.807, 2.05) is 18.8 Å². The number of phosphoric acid groups is 1. The Bertz CT molecular complexity index is 1760. The van der Waals surface area contributed by atoms with Crippen LogP contribution in [0.1, 0.15) is 11.1 Å². The van der Waals surface area contributed by atoms with Crippen LogP contribution in [0.5, 0.6) is 0 Å². The predicted octanol–water partition coefficient (Wildman–Crippen LogP) is -4.88. The molecule has 0 radical (unpaired) electrons. The Morgan fingerprint density at radius 1 is 1.10 bits per heavy atom. The molecule has 2 aromatic heterocycles. The number of aryl methyl sites for hydroxylation is 2. The van der Waals surface area contributed by atoms with E-state index < -0.39 is 50.5 Å². The molecule has 19 heteroatoms. The fourth-order valence-electron chi connectivity index (χ4n) is 3.75. The second-order valence-corrected chi connectivity index (χ2v) is 9.94. The smallest absolute Gasteiger partial charge is 0.756 e. The van der Waals surface area contributed by atoms with Crippen LogP contribution >= 0.6 is 7.82 Å². The van der Waals surface area contributed by atoms with Crippen molar-refractivity contribution in [3.05, 3.63) is 62.9 Å². The van der Waals surface area contributed by atoms with E-state index in [2.05, 4.69) is 34.4 Å². The third-order valence-electron chi connectivity index (χ3n) is 5.89. The van der Waals surface area contributed by atoms with Crippen LogP contribution in [0.2, 0.25) is 0 Å². The van der Waals surface area contributed by atoms with E-state index in [1.54, 1.807) is 24.7 Å². The molecule has 0 amide bonds. The zero-order chi connectivity index (χ0) is 29.2. The maximum absolute atomic E-state index is 12.2. The van der Waals surface area contributed by atoms with Crippen molar-refractivity contribution in [2.24, 2.45) is 0 Å². The molecule has 0 bridgehead atoms. The molecule has 0 fully saturated rings. The second kappa shape index (κ2) is 13.3. The first kappa shape index (κ1) is 32.6. The third kappa shape index (κ3) is 7.87. The van der Waals surface area contributed by atoms with E-state index in [9.17, 15) is 34.4 Å². The normalized spacial score (nSPS) is 15.0. The van der Waals surface area contributed by atoms with Gasteiger partial charge in [0.2, 0.25) is 0 Å². The van der Waals surface area contributed by atoms with Gasteiger partial charge in [-0.1, -0.05) is 0 Å². The number of nitrogens with one attached hydrogen (secondary N) is 2. The van der Waals surface area contributed by atoms with Gasteiger partial charge in [0.15, 0.2) is 17.2 Å². The standard InChI is InChI=1S/C17H21N4O9P.C5H4N4.Na/c1-7-3-9-10(4-8(7)2)21(15-13(18-9)16(25)20-17(26)19-15)5-11(22)14(24)12(23)6-30-31(27,28)29;1-4-5(8-2-6-1)9-3-7-4;/h3-4,11-12,14,22-24H,5-6H2,1-2H3,(H,20,25,26)(H2,27,28,29);1-3H,(H,6,7,8,9);/q;;+1/p-1/t11-,12+,14-;;/m0../s1. The number of nitrogens with zero attached hydrogens (tertiary/aromatic N) is 6. The largest absolute Gasteiger partial charge is 1.00 e. The van der Waals surface area contributed by atoms with Crippen LogP contribution in [0.25, 0.3) is 33.7 Å². The van der Waals surface area contributed by atoms with Crippen molar-refractivity contribution in [2.45, 2.75) is 38.7 Å². The number of benzene rings is 1. The van der Waals surface area contributed by atoms with Gasteiger partial charge < -0.3 is 39.2 Å². The minimum Gasteiger partial charge on any atom is -0.756 e. The molecule has 0 aliphatic carbocycles. The SMILES string of the molecule is Cc1cc2nc3c(=O)[nH]c(=O)nc-3n(C[C@H](O)[C@H](O)[C@H](O)COP(=O)([O-])O)c2cc1C.[Na+].c1ncc2[nH]cnc2n1. The minimum atomic E-state index is -5.14. The third-order valence-corrected chi connectivity index (χ3v) is 6.36. The number of phosphoric ester groups is 1. The number of aliphatic hydroxyl groups excluding tert-OH is 3. The number of H-pyrrole nitrogens is 2. The molecule has 1 unspecified atom stereocenters. The number of aliphatic hydroxyl groups is 3. The van der Waals surface area contributed by atoms with E-state index in [0.29, 0.717) is 16.7 Å². The fourth-order valence-corrected chi connectivity index (χ4v) is 4.09. The summed E-state index contributed by atoms with van der Waals surface area (Å²) in [6, 6.07) is 3.40. The summed E-state index contributed by atoms with van der Waals surface area (Å²) >= 11 is 0. The molecule has 4 heterocycles. The first-order chi connectivity index (χ1) is 18.8. The van der Waals surface area contributed by atoms with Gasteiger partial charge in [-0.05, 0) is 37.1 Å². The van der Waals surface area contributed by atoms with E-state index >= 15 is 0 Å². The van der Waals surface area contributed by atoms with Crippen LogP contribution in [0.15, 0.2) is 40.6 Å². The van der Waals surface area contributed by atoms with Crippen molar-refractivity contribution in [2.75, 3.05) is 6.61 Å². The van der Waals surface area contributed by atoms with Crippen molar-refractivity contribution < 1.29 is 63.8 Å². The second-order valence-electron chi connectivity index (χ2n) is 8.74. The summed E-state index contributed by atoms with van der Waals surface area (Å²) in [5, 5.41) is 30.5. The molecule has 0 saturated carbocycles. The molecule has 2 aliphatic heterocycles. The maximum Gasteiger partial charge on any atom is 1.00 e. The fraction of sp³-hybridized carbons (Fsp3) is 0.318. The molecule has 5 rings (SSSR count). The molecular weight excluding hydrogens is 574 g/mol. The topological polar surface area (TPSA) is 265 Å². The summed E-state index contributed by atoms with van der Waals surface area (Å²) in [6.45, 7) is 2.20. The number of hydrogen-bond donors (Lipinski definition) is 6. The molecule has 0 saturated heterocycles. The number of imidazole rings is 1. The van der Waals surface area contributed by atoms with E-state index in [4.69, 9.17) is 4.89 Å². The average molecular weight is 598 g/mol. The first-order valence-corrected chi connectivity index (χ1v) is 13.1. The summed E-state index contributed by atoms with van der Waals surface area (Å²) in [5.74, 6) is -0.152. The van der Waals surface area contributed by atoms with Crippen LogP contribution < -0.4 is 45.7 Å². The van der Waals surface area contributed by atoms with Crippen LogP contribution in [-0.2, 0) is 15.6 Å². The van der Waals surface area contributed by atoms with Gasteiger partial charge in [0.25, 0.3) is 13.4 Å². The van der Waals surface area contributed by atoms with Crippen LogP contribution in [-0.4, -0.2) is 84.6 Å². The molecule has 1 aromatic carbocycles. The summed E-state index contributed by atoms with van der Waals surface area (Å²) in [6.07, 6.45) is -0.727. The van der Waals surface area contributed by atoms with Gasteiger partial charge in [-0.3, -0.25) is 14.3 Å². The summed E-state index contributed by atoms with van der Waals surface area (Å²) in [4.78, 5) is 67.8. The van der Waals surface area contributed by atoms with Crippen molar-refractivity contribution in [3.63, 3.8) is 0 Å². The molecule has 3 aromatic rings. The molecule has 41 heavy (non-hydrogen) atoms. The van der Waals surface area contributed by atoms with Crippen molar-refractivity contribution in [1.82, 2.24) is 39.5 Å². The quantitative estimate of drug-likeness (QED) is 0.0583. The molecule has 2 aliphatic rings. The van der Waals surface area contributed by atoms with Crippen LogP contribution in [0.3, 0.4) is 0 Å². The maximum atomic E-state index is 12.2. The summed E-state index contributed by atoms with van der Waals surface area (Å²) < 4.78 is 16.0. The summed E-state index contributed by atoms with van der Waals surface area (Å²) in [5.41, 5.74) is 2.15. The Balaban J connectivity index is 0.000000388. The van der Waals surface area contributed by atoms with Gasteiger partial charge in [0, 0.05) is 0 Å². The molecule has 17 nitrogen and oxygen atoms in total. The monoisotopic (exact) mass is 598 g/mol. The number of aromatic amines is 2. The van der Waals surface area contributed by atoms with Crippen LogP contribution in [0, 0.1) is 13.8 Å². The Labute approximate surface area is 252 Å². The Hall–Kier alpha value is -2.96. The Morgan fingerprint density at radius 3 is 2.49 bits per heavy atom. The summed E-state index contributed by atoms with van der Waals surface area (Å²) in [7, 11) is -5.14. The molecule has 212 valence electrons. The number of fused-ring (bicyclic) bond motifs is 3. The van der Waals surface area contributed by atoms with Crippen LogP contribution in [0.4, 0.5) is 0 Å². The Kier molecular flexibility index (Phi) is 10.6. The molecule has 6 N–H and O–H groups in total. The Morgan fingerprint density at radius 2 is 1.80 bits per heavy atom. The minimum absolute atomic E-state index is 0.